The summed E-state index contributed by atoms with van der Waals surface area (Å²) in [6.45, 7) is 3.81. The van der Waals surface area contributed by atoms with Crippen molar-refractivity contribution in [1.82, 2.24) is 29.9 Å². The molecule has 4 heterocycles. The minimum Gasteiger partial charge on any atom is -0.346 e. The highest BCUT2D eigenvalue weighted by Gasteiger charge is 2.32. The van der Waals surface area contributed by atoms with Crippen LogP contribution < -0.4 is 0 Å². The zero-order valence-corrected chi connectivity index (χ0v) is 14.3. The van der Waals surface area contributed by atoms with Gasteiger partial charge in [-0.2, -0.15) is 4.98 Å². The number of aromatic amines is 1. The Hall–Kier alpha value is -2.74. The lowest BCUT2D eigenvalue weighted by atomic mass is 10.1. The quantitative estimate of drug-likeness (QED) is 0.773. The minimum absolute atomic E-state index is 0.0662. The molecule has 1 amide bonds. The average Bonchev–Trinajstić information content (AvgIpc) is 3.22. The maximum absolute atomic E-state index is 12.8. The van der Waals surface area contributed by atoms with Crippen molar-refractivity contribution in [2.75, 3.05) is 26.7 Å². The van der Waals surface area contributed by atoms with E-state index in [1.54, 1.807) is 13.1 Å². The predicted molar refractivity (Wildman–Crippen MR) is 90.8 cm³/mol. The standard InChI is InChI=1S/C17H20N6O2/c1-11-20-17(25-21-11)14-10-23(7-6-22(14)2)15(24)8-12-9-19-16-13(12)4-3-5-18-16/h3-5,9,14H,6-8,10H2,1-2H3,(H,18,19)/t14-/m1/s1. The second kappa shape index (κ2) is 6.29. The van der Waals surface area contributed by atoms with Gasteiger partial charge in [0.15, 0.2) is 5.82 Å². The largest absolute Gasteiger partial charge is 0.346 e. The average molecular weight is 340 g/mol. The van der Waals surface area contributed by atoms with Gasteiger partial charge in [-0.05, 0) is 31.7 Å². The molecular formula is C17H20N6O2. The summed E-state index contributed by atoms with van der Waals surface area (Å²) in [6, 6.07) is 3.80. The predicted octanol–water partition coefficient (Wildman–Crippen LogP) is 1.31. The van der Waals surface area contributed by atoms with Gasteiger partial charge in [-0.3, -0.25) is 9.69 Å². The van der Waals surface area contributed by atoms with Crippen LogP contribution in [0.3, 0.4) is 0 Å². The van der Waals surface area contributed by atoms with Crippen molar-refractivity contribution in [3.05, 3.63) is 41.8 Å². The molecule has 1 fully saturated rings. The molecule has 25 heavy (non-hydrogen) atoms. The molecule has 0 unspecified atom stereocenters. The Kier molecular flexibility index (Phi) is 3.96. The number of amides is 1. The molecule has 1 atom stereocenters. The van der Waals surface area contributed by atoms with Gasteiger partial charge in [0.25, 0.3) is 0 Å². The lowest BCUT2D eigenvalue weighted by molar-refractivity contribution is -0.133. The Balaban J connectivity index is 1.50. The summed E-state index contributed by atoms with van der Waals surface area (Å²) in [5.74, 6) is 1.27. The van der Waals surface area contributed by atoms with Gasteiger partial charge in [0.05, 0.1) is 6.42 Å². The maximum atomic E-state index is 12.8. The van der Waals surface area contributed by atoms with E-state index in [9.17, 15) is 4.79 Å². The minimum atomic E-state index is -0.0662. The molecule has 0 radical (unpaired) electrons. The molecule has 1 saturated heterocycles. The smallest absolute Gasteiger partial charge is 0.245 e. The Morgan fingerprint density at radius 1 is 1.44 bits per heavy atom. The Morgan fingerprint density at radius 2 is 2.32 bits per heavy atom. The van der Waals surface area contributed by atoms with Gasteiger partial charge in [-0.25, -0.2) is 4.98 Å². The van der Waals surface area contributed by atoms with Crippen molar-refractivity contribution in [3.63, 3.8) is 0 Å². The van der Waals surface area contributed by atoms with Gasteiger partial charge in [0.1, 0.15) is 11.7 Å². The third kappa shape index (κ3) is 3.00. The van der Waals surface area contributed by atoms with Gasteiger partial charge in [-0.1, -0.05) is 5.16 Å². The summed E-state index contributed by atoms with van der Waals surface area (Å²) in [5, 5.41) is 4.86. The summed E-state index contributed by atoms with van der Waals surface area (Å²) in [6.07, 6.45) is 3.96. The molecule has 1 N–H and O–H groups in total. The fraction of sp³-hybridized carbons (Fsp3) is 0.412. The highest BCUT2D eigenvalue weighted by Crippen LogP contribution is 2.24. The second-order valence-corrected chi connectivity index (χ2v) is 6.41. The Labute approximate surface area is 144 Å². The van der Waals surface area contributed by atoms with Crippen molar-refractivity contribution in [2.24, 2.45) is 0 Å². The molecule has 0 aliphatic carbocycles. The number of pyridine rings is 1. The third-order valence-electron chi connectivity index (χ3n) is 4.71. The molecular weight excluding hydrogens is 320 g/mol. The topological polar surface area (TPSA) is 91.2 Å². The second-order valence-electron chi connectivity index (χ2n) is 6.41. The molecule has 0 spiro atoms. The maximum Gasteiger partial charge on any atom is 0.245 e. The summed E-state index contributed by atoms with van der Waals surface area (Å²) in [4.78, 5) is 28.5. The van der Waals surface area contributed by atoms with Crippen LogP contribution in [0.1, 0.15) is 23.3 Å². The van der Waals surface area contributed by atoms with E-state index in [0.717, 1.165) is 23.1 Å². The molecule has 1 aliphatic heterocycles. The van der Waals surface area contributed by atoms with Crippen molar-refractivity contribution >= 4 is 16.9 Å². The monoisotopic (exact) mass is 340 g/mol. The summed E-state index contributed by atoms with van der Waals surface area (Å²) >= 11 is 0. The number of aryl methyl sites for hydroxylation is 1. The van der Waals surface area contributed by atoms with Crippen molar-refractivity contribution in [1.29, 1.82) is 0 Å². The number of fused-ring (bicyclic) bond motifs is 1. The lowest BCUT2D eigenvalue weighted by Gasteiger charge is -2.37. The number of nitrogens with zero attached hydrogens (tertiary/aromatic N) is 5. The number of likely N-dealkylation sites (N-methyl/N-ethyl adjacent to an activating group) is 1. The van der Waals surface area contributed by atoms with E-state index in [-0.39, 0.29) is 11.9 Å². The number of H-pyrrole nitrogens is 1. The van der Waals surface area contributed by atoms with Crippen LogP contribution in [0.15, 0.2) is 29.0 Å². The van der Waals surface area contributed by atoms with Gasteiger partial charge < -0.3 is 14.4 Å². The van der Waals surface area contributed by atoms with Gasteiger partial charge >= 0.3 is 0 Å². The molecule has 130 valence electrons. The molecule has 0 aromatic carbocycles. The number of carbonyl (C=O) groups excluding carboxylic acids is 1. The molecule has 4 rings (SSSR count). The van der Waals surface area contributed by atoms with E-state index in [0.29, 0.717) is 31.2 Å². The van der Waals surface area contributed by atoms with Gasteiger partial charge in [0, 0.05) is 37.4 Å². The van der Waals surface area contributed by atoms with Crippen LogP contribution in [0, 0.1) is 6.92 Å². The van der Waals surface area contributed by atoms with Crippen LogP contribution in [-0.4, -0.2) is 62.5 Å². The fourth-order valence-electron chi connectivity index (χ4n) is 3.25. The number of nitrogens with one attached hydrogen (secondary N) is 1. The van der Waals surface area contributed by atoms with Crippen molar-refractivity contribution in [3.8, 4) is 0 Å². The van der Waals surface area contributed by atoms with E-state index in [1.807, 2.05) is 30.3 Å². The number of piperazine rings is 1. The Morgan fingerprint density at radius 3 is 3.12 bits per heavy atom. The zero-order chi connectivity index (χ0) is 17.4. The molecule has 0 bridgehead atoms. The van der Waals surface area contributed by atoms with Crippen LogP contribution >= 0.6 is 0 Å². The van der Waals surface area contributed by atoms with E-state index in [1.165, 1.54) is 0 Å². The SMILES string of the molecule is Cc1noc([C@H]2CN(C(=O)Cc3c[nH]c4ncccc34)CCN2C)n1. The number of hydrogen-bond donors (Lipinski definition) is 1. The van der Waals surface area contributed by atoms with E-state index in [4.69, 9.17) is 4.52 Å². The third-order valence-corrected chi connectivity index (χ3v) is 4.71. The zero-order valence-electron chi connectivity index (χ0n) is 14.3. The first kappa shape index (κ1) is 15.8. The van der Waals surface area contributed by atoms with E-state index >= 15 is 0 Å². The summed E-state index contributed by atoms with van der Waals surface area (Å²) in [7, 11) is 2.01. The Bertz CT molecular complexity index is 901. The van der Waals surface area contributed by atoms with Gasteiger partial charge in [0.2, 0.25) is 11.8 Å². The van der Waals surface area contributed by atoms with Crippen molar-refractivity contribution < 1.29 is 9.32 Å². The van der Waals surface area contributed by atoms with Gasteiger partial charge in [-0.15, -0.1) is 0 Å². The highest BCUT2D eigenvalue weighted by atomic mass is 16.5. The number of rotatable bonds is 3. The summed E-state index contributed by atoms with van der Waals surface area (Å²) < 4.78 is 5.31. The van der Waals surface area contributed by atoms with Crippen molar-refractivity contribution in [2.45, 2.75) is 19.4 Å². The van der Waals surface area contributed by atoms with Crippen LogP contribution in [0.2, 0.25) is 0 Å². The van der Waals surface area contributed by atoms with E-state index < -0.39 is 0 Å². The van der Waals surface area contributed by atoms with Crippen LogP contribution in [0.5, 0.6) is 0 Å². The van der Waals surface area contributed by atoms with E-state index in [2.05, 4.69) is 25.0 Å². The first-order valence-corrected chi connectivity index (χ1v) is 8.31. The highest BCUT2D eigenvalue weighted by molar-refractivity contribution is 5.87. The van der Waals surface area contributed by atoms with Crippen LogP contribution in [0.4, 0.5) is 0 Å². The number of hydrogen-bond acceptors (Lipinski definition) is 6. The molecule has 0 saturated carbocycles. The number of carbonyl (C=O) groups is 1. The molecule has 8 nitrogen and oxygen atoms in total. The first-order valence-electron chi connectivity index (χ1n) is 8.31. The molecule has 3 aromatic rings. The summed E-state index contributed by atoms with van der Waals surface area (Å²) in [5.41, 5.74) is 1.78. The van der Waals surface area contributed by atoms with Crippen LogP contribution in [-0.2, 0) is 11.2 Å². The lowest BCUT2D eigenvalue weighted by Crippen LogP contribution is -2.49. The molecule has 1 aliphatic rings. The number of aromatic nitrogens is 4. The van der Waals surface area contributed by atoms with Crippen LogP contribution in [0.25, 0.3) is 11.0 Å². The fourth-order valence-corrected chi connectivity index (χ4v) is 3.25. The first-order chi connectivity index (χ1) is 12.1. The normalized spacial score (nSPS) is 18.8. The molecule has 8 heteroatoms. The molecule has 3 aromatic heterocycles.